The van der Waals surface area contributed by atoms with Crippen LogP contribution in [0.4, 0.5) is 0 Å². The molecule has 0 radical (unpaired) electrons. The lowest BCUT2D eigenvalue weighted by Gasteiger charge is -2.09. The van der Waals surface area contributed by atoms with Crippen molar-refractivity contribution in [3.8, 4) is 0 Å². The lowest BCUT2D eigenvalue weighted by atomic mass is 10.0. The van der Waals surface area contributed by atoms with Gasteiger partial charge < -0.3 is 11.5 Å². The number of hydrogen-bond acceptors (Lipinski definition) is 2. The third-order valence-electron chi connectivity index (χ3n) is 4.08. The van der Waals surface area contributed by atoms with Gasteiger partial charge in [0.2, 0.25) is 0 Å². The van der Waals surface area contributed by atoms with E-state index >= 15 is 0 Å². The smallest absolute Gasteiger partial charge is 0.00722 e. The minimum atomic E-state index is 0.854. The third kappa shape index (κ3) is 11.3. The van der Waals surface area contributed by atoms with Crippen molar-refractivity contribution < 1.29 is 0 Å². The van der Waals surface area contributed by atoms with E-state index in [0.29, 0.717) is 0 Å². The van der Waals surface area contributed by atoms with Crippen LogP contribution in [0, 0.1) is 0 Å². The highest BCUT2D eigenvalue weighted by Gasteiger charge is 2.01. The van der Waals surface area contributed by atoms with E-state index in [1.54, 1.807) is 0 Å². The molecule has 0 saturated heterocycles. The second-order valence-electron chi connectivity index (χ2n) is 5.95. The van der Waals surface area contributed by atoms with E-state index < -0.39 is 0 Å². The highest BCUT2D eigenvalue weighted by atomic mass is 14.6. The first-order valence-electron chi connectivity index (χ1n) is 8.92. The first kappa shape index (κ1) is 19.5. The molecule has 2 nitrogen and oxygen atoms in total. The Labute approximate surface area is 127 Å². The van der Waals surface area contributed by atoms with Crippen LogP contribution in [0.15, 0.2) is 11.3 Å². The molecule has 0 aromatic rings. The summed E-state index contributed by atoms with van der Waals surface area (Å²) in [6.45, 7) is 5.31. The Bertz CT molecular complexity index is 234. The van der Waals surface area contributed by atoms with Crippen molar-refractivity contribution in [3.05, 3.63) is 11.3 Å². The van der Waals surface area contributed by atoms with Crippen LogP contribution in [-0.2, 0) is 0 Å². The summed E-state index contributed by atoms with van der Waals surface area (Å²) in [7, 11) is 0. The number of allylic oxidation sites excluding steroid dienone is 2. The van der Waals surface area contributed by atoms with E-state index in [4.69, 9.17) is 11.5 Å². The van der Waals surface area contributed by atoms with E-state index in [0.717, 1.165) is 19.4 Å². The monoisotopic (exact) mass is 282 g/mol. The Morgan fingerprint density at radius 2 is 1.20 bits per heavy atom. The molecule has 0 spiro atoms. The summed E-state index contributed by atoms with van der Waals surface area (Å²) in [4.78, 5) is 0. The summed E-state index contributed by atoms with van der Waals surface area (Å²) in [5.74, 6) is 0. The molecule has 4 N–H and O–H groups in total. The molecule has 2 heteroatoms. The van der Waals surface area contributed by atoms with Crippen LogP contribution in [0.2, 0.25) is 0 Å². The summed E-state index contributed by atoms with van der Waals surface area (Å²) in [5.41, 5.74) is 14.3. The molecule has 0 fully saturated rings. The summed E-state index contributed by atoms with van der Waals surface area (Å²) in [6, 6.07) is 0. The fourth-order valence-electron chi connectivity index (χ4n) is 2.74. The van der Waals surface area contributed by atoms with Crippen LogP contribution in [-0.4, -0.2) is 6.54 Å². The van der Waals surface area contributed by atoms with Gasteiger partial charge in [-0.25, -0.2) is 0 Å². The minimum absolute atomic E-state index is 0.854. The number of rotatable bonds is 14. The van der Waals surface area contributed by atoms with Crippen molar-refractivity contribution in [2.24, 2.45) is 11.5 Å². The molecule has 0 unspecified atom stereocenters. The maximum atomic E-state index is 6.19. The van der Waals surface area contributed by atoms with Crippen molar-refractivity contribution in [1.29, 1.82) is 0 Å². The fraction of sp³-hybridized carbons (Fsp3) is 0.889. The molecular formula is C18H38N2. The molecule has 0 aliphatic heterocycles. The highest BCUT2D eigenvalue weighted by Crippen LogP contribution is 2.17. The molecule has 0 aliphatic carbocycles. The van der Waals surface area contributed by atoms with Gasteiger partial charge in [0.05, 0.1) is 0 Å². The second-order valence-corrected chi connectivity index (χ2v) is 5.95. The quantitative estimate of drug-likeness (QED) is 0.426. The molecule has 0 amide bonds. The van der Waals surface area contributed by atoms with Gasteiger partial charge >= 0.3 is 0 Å². The first-order valence-corrected chi connectivity index (χ1v) is 8.92. The molecule has 120 valence electrons. The highest BCUT2D eigenvalue weighted by molar-refractivity contribution is 5.10. The molecule has 0 heterocycles. The zero-order valence-electron chi connectivity index (χ0n) is 14.1. The Hall–Kier alpha value is -0.500. The van der Waals surface area contributed by atoms with Gasteiger partial charge in [-0.05, 0) is 38.6 Å². The largest absolute Gasteiger partial charge is 0.402 e. The maximum Gasteiger partial charge on any atom is 0.00722 e. The standard InChI is InChI=1S/C18H38N2/c1-3-14-17(4-2)18(20)15-12-10-8-6-5-7-9-11-13-16-19/h3-16,19-20H2,1-2H3. The van der Waals surface area contributed by atoms with Crippen molar-refractivity contribution in [2.75, 3.05) is 6.54 Å². The minimum Gasteiger partial charge on any atom is -0.402 e. The van der Waals surface area contributed by atoms with Gasteiger partial charge in [0, 0.05) is 5.70 Å². The molecular weight excluding hydrogens is 244 g/mol. The Balaban J connectivity index is 3.43. The van der Waals surface area contributed by atoms with Gasteiger partial charge in [0.15, 0.2) is 0 Å². The lowest BCUT2D eigenvalue weighted by Crippen LogP contribution is -2.02. The molecule has 20 heavy (non-hydrogen) atoms. The molecule has 0 atom stereocenters. The van der Waals surface area contributed by atoms with E-state index in [1.165, 1.54) is 81.9 Å². The molecule has 0 bridgehead atoms. The van der Waals surface area contributed by atoms with Gasteiger partial charge in [0.25, 0.3) is 0 Å². The average Bonchev–Trinajstić information content (AvgIpc) is 2.46. The van der Waals surface area contributed by atoms with Crippen molar-refractivity contribution in [3.63, 3.8) is 0 Å². The van der Waals surface area contributed by atoms with Crippen LogP contribution in [0.1, 0.15) is 97.3 Å². The van der Waals surface area contributed by atoms with Crippen molar-refractivity contribution >= 4 is 0 Å². The molecule has 0 saturated carbocycles. The third-order valence-corrected chi connectivity index (χ3v) is 4.08. The molecule has 0 aliphatic rings. The average molecular weight is 283 g/mol. The second kappa shape index (κ2) is 14.9. The van der Waals surface area contributed by atoms with Gasteiger partial charge in [-0.1, -0.05) is 70.8 Å². The van der Waals surface area contributed by atoms with Crippen LogP contribution >= 0.6 is 0 Å². The summed E-state index contributed by atoms with van der Waals surface area (Å²) in [6.07, 6.45) is 16.7. The van der Waals surface area contributed by atoms with Crippen LogP contribution < -0.4 is 11.5 Å². The van der Waals surface area contributed by atoms with E-state index in [2.05, 4.69) is 13.8 Å². The fourth-order valence-corrected chi connectivity index (χ4v) is 2.74. The molecule has 0 aromatic carbocycles. The predicted octanol–water partition coefficient (Wildman–Crippen LogP) is 5.27. The molecule has 0 aromatic heterocycles. The Morgan fingerprint density at radius 1 is 0.700 bits per heavy atom. The van der Waals surface area contributed by atoms with Gasteiger partial charge in [0.1, 0.15) is 0 Å². The topological polar surface area (TPSA) is 52.0 Å². The summed E-state index contributed by atoms with van der Waals surface area (Å²) in [5, 5.41) is 0. The Morgan fingerprint density at radius 3 is 1.65 bits per heavy atom. The molecule has 0 rings (SSSR count). The number of nitrogens with two attached hydrogens (primary N) is 2. The normalized spacial score (nSPS) is 12.6. The number of hydrogen-bond donors (Lipinski definition) is 2. The SMILES string of the molecule is CCCC(CC)=C(N)CCCCCCCCCCCN. The first-order chi connectivity index (χ1) is 9.76. The van der Waals surface area contributed by atoms with Crippen molar-refractivity contribution in [2.45, 2.75) is 97.3 Å². The predicted molar refractivity (Wildman–Crippen MR) is 91.6 cm³/mol. The maximum absolute atomic E-state index is 6.19. The Kier molecular flexibility index (Phi) is 14.5. The van der Waals surface area contributed by atoms with Crippen LogP contribution in [0.5, 0.6) is 0 Å². The summed E-state index contributed by atoms with van der Waals surface area (Å²) < 4.78 is 0. The lowest BCUT2D eigenvalue weighted by molar-refractivity contribution is 0.559. The van der Waals surface area contributed by atoms with Gasteiger partial charge in [-0.15, -0.1) is 0 Å². The van der Waals surface area contributed by atoms with Gasteiger partial charge in [-0.2, -0.15) is 0 Å². The van der Waals surface area contributed by atoms with E-state index in [9.17, 15) is 0 Å². The van der Waals surface area contributed by atoms with Crippen LogP contribution in [0.3, 0.4) is 0 Å². The van der Waals surface area contributed by atoms with E-state index in [1.807, 2.05) is 0 Å². The van der Waals surface area contributed by atoms with Crippen LogP contribution in [0.25, 0.3) is 0 Å². The summed E-state index contributed by atoms with van der Waals surface area (Å²) >= 11 is 0. The zero-order valence-corrected chi connectivity index (χ0v) is 14.1. The van der Waals surface area contributed by atoms with Crippen molar-refractivity contribution in [1.82, 2.24) is 0 Å². The van der Waals surface area contributed by atoms with Gasteiger partial charge in [-0.3, -0.25) is 0 Å². The van der Waals surface area contributed by atoms with E-state index in [-0.39, 0.29) is 0 Å². The zero-order chi connectivity index (χ0) is 15.1. The number of unbranched alkanes of at least 4 members (excludes halogenated alkanes) is 8.